The van der Waals surface area contributed by atoms with E-state index in [1.165, 1.54) is 66.8 Å². The minimum absolute atomic E-state index is 0.990. The van der Waals surface area contributed by atoms with Crippen LogP contribution in [0.5, 0.6) is 0 Å². The molecule has 2 nitrogen and oxygen atoms in total. The lowest BCUT2D eigenvalue weighted by Crippen LogP contribution is -2.10. The largest absolute Gasteiger partial charge is 0.310 e. The number of hydrogen-bond acceptors (Lipinski definition) is 2. The van der Waals surface area contributed by atoms with Gasteiger partial charge < -0.3 is 9.80 Å². The van der Waals surface area contributed by atoms with Gasteiger partial charge in [0.05, 0.1) is 0 Å². The first-order chi connectivity index (χ1) is 29.1. The molecule has 0 radical (unpaired) electrons. The fraction of sp³-hybridized carbons (Fsp3) is 0.0526. The van der Waals surface area contributed by atoms with Crippen molar-refractivity contribution in [1.29, 1.82) is 0 Å². The molecule has 282 valence electrons. The Balaban J connectivity index is 0.950. The molecule has 0 heterocycles. The van der Waals surface area contributed by atoms with Crippen molar-refractivity contribution < 1.29 is 0 Å². The summed E-state index contributed by atoms with van der Waals surface area (Å²) in [6.45, 7) is 4.39. The van der Waals surface area contributed by atoms with Crippen molar-refractivity contribution in [3.63, 3.8) is 0 Å². The summed E-state index contributed by atoms with van der Waals surface area (Å²) < 4.78 is 0. The summed E-state index contributed by atoms with van der Waals surface area (Å²) >= 11 is 0. The Morgan fingerprint density at radius 1 is 0.271 bits per heavy atom. The summed E-state index contributed by atoms with van der Waals surface area (Å²) in [5.74, 6) is 0. The van der Waals surface area contributed by atoms with E-state index in [4.69, 9.17) is 0 Å². The van der Waals surface area contributed by atoms with Crippen molar-refractivity contribution in [2.24, 2.45) is 0 Å². The van der Waals surface area contributed by atoms with Gasteiger partial charge in [0.15, 0.2) is 0 Å². The summed E-state index contributed by atoms with van der Waals surface area (Å²) in [5.41, 5.74) is 22.0. The monoisotopic (exact) mass is 756 g/mol. The molecule has 0 saturated heterocycles. The normalized spacial score (nSPS) is 11.5. The van der Waals surface area contributed by atoms with Gasteiger partial charge in [0.25, 0.3) is 0 Å². The summed E-state index contributed by atoms with van der Waals surface area (Å²) in [6, 6.07) is 79.4. The van der Waals surface area contributed by atoms with Gasteiger partial charge in [0.1, 0.15) is 0 Å². The molecule has 0 saturated carbocycles. The van der Waals surface area contributed by atoms with E-state index in [0.717, 1.165) is 40.5 Å². The molecule has 9 aromatic carbocycles. The molecule has 0 bridgehead atoms. The van der Waals surface area contributed by atoms with Gasteiger partial charge in [-0.15, -0.1) is 0 Å². The fourth-order valence-corrected chi connectivity index (χ4v) is 8.70. The topological polar surface area (TPSA) is 6.48 Å². The zero-order chi connectivity index (χ0) is 39.7. The van der Waals surface area contributed by atoms with E-state index in [-0.39, 0.29) is 0 Å². The zero-order valence-electron chi connectivity index (χ0n) is 33.4. The Bertz CT molecular complexity index is 2910. The maximum atomic E-state index is 2.36. The van der Waals surface area contributed by atoms with Gasteiger partial charge in [0, 0.05) is 34.1 Å². The predicted octanol–water partition coefficient (Wildman–Crippen LogP) is 15.8. The molecule has 59 heavy (non-hydrogen) atoms. The van der Waals surface area contributed by atoms with Crippen LogP contribution in [0.2, 0.25) is 0 Å². The van der Waals surface area contributed by atoms with Crippen LogP contribution in [0.3, 0.4) is 0 Å². The third-order valence-electron chi connectivity index (χ3n) is 11.8. The molecule has 0 aliphatic heterocycles. The Hall–Kier alpha value is -7.42. The number of rotatable bonds is 9. The number of hydrogen-bond donors (Lipinski definition) is 0. The summed E-state index contributed by atoms with van der Waals surface area (Å²) in [7, 11) is 0. The van der Waals surface area contributed by atoms with E-state index in [9.17, 15) is 0 Å². The third-order valence-corrected chi connectivity index (χ3v) is 11.8. The van der Waals surface area contributed by atoms with Gasteiger partial charge >= 0.3 is 0 Å². The van der Waals surface area contributed by atoms with Crippen molar-refractivity contribution in [2.75, 3.05) is 9.80 Å². The molecule has 1 aliphatic rings. The molecule has 2 heteroatoms. The highest BCUT2D eigenvalue weighted by Crippen LogP contribution is 2.43. The number of benzene rings is 9. The summed E-state index contributed by atoms with van der Waals surface area (Å²) in [4.78, 5) is 4.71. The van der Waals surface area contributed by atoms with Crippen LogP contribution < -0.4 is 9.80 Å². The van der Waals surface area contributed by atoms with E-state index in [1.807, 2.05) is 0 Å². The van der Waals surface area contributed by atoms with Crippen molar-refractivity contribution in [1.82, 2.24) is 0 Å². The predicted molar refractivity (Wildman–Crippen MR) is 250 cm³/mol. The van der Waals surface area contributed by atoms with Crippen molar-refractivity contribution in [3.8, 4) is 44.5 Å². The minimum Gasteiger partial charge on any atom is -0.310 e. The molecule has 0 aromatic heterocycles. The fourth-order valence-electron chi connectivity index (χ4n) is 8.70. The lowest BCUT2D eigenvalue weighted by atomic mass is 9.95. The van der Waals surface area contributed by atoms with Gasteiger partial charge in [0.2, 0.25) is 0 Å². The second kappa shape index (κ2) is 15.5. The molecule has 10 rings (SSSR count). The molecule has 0 N–H and O–H groups in total. The molecule has 0 spiro atoms. The Morgan fingerprint density at radius 2 is 0.712 bits per heavy atom. The van der Waals surface area contributed by atoms with Gasteiger partial charge in [-0.05, 0) is 166 Å². The smallest absolute Gasteiger partial charge is 0.0467 e. The minimum atomic E-state index is 0.990. The Labute approximate surface area is 347 Å². The molecule has 9 aromatic rings. The van der Waals surface area contributed by atoms with Gasteiger partial charge in [-0.2, -0.15) is 0 Å². The maximum Gasteiger partial charge on any atom is 0.0467 e. The van der Waals surface area contributed by atoms with Crippen LogP contribution in [0, 0.1) is 13.8 Å². The summed E-state index contributed by atoms with van der Waals surface area (Å²) in [6.07, 6.45) is 0.990. The average Bonchev–Trinajstić information content (AvgIpc) is 3.67. The number of aryl methyl sites for hydroxylation is 2. The van der Waals surface area contributed by atoms with E-state index < -0.39 is 0 Å². The van der Waals surface area contributed by atoms with Crippen LogP contribution in [0.1, 0.15) is 22.3 Å². The summed E-state index contributed by atoms with van der Waals surface area (Å²) in [5, 5.41) is 0. The molecule has 0 fully saturated rings. The zero-order valence-corrected chi connectivity index (χ0v) is 33.4. The average molecular weight is 757 g/mol. The van der Waals surface area contributed by atoms with E-state index >= 15 is 0 Å². The van der Waals surface area contributed by atoms with Crippen LogP contribution >= 0.6 is 0 Å². The highest BCUT2D eigenvalue weighted by Gasteiger charge is 2.21. The lowest BCUT2D eigenvalue weighted by molar-refractivity contribution is 1.24. The molecular weight excluding hydrogens is 713 g/mol. The first-order valence-electron chi connectivity index (χ1n) is 20.5. The third kappa shape index (κ3) is 7.00. The van der Waals surface area contributed by atoms with Crippen molar-refractivity contribution in [2.45, 2.75) is 20.3 Å². The van der Waals surface area contributed by atoms with Crippen molar-refractivity contribution in [3.05, 3.63) is 241 Å². The number of para-hydroxylation sites is 2. The highest BCUT2D eigenvalue weighted by atomic mass is 15.1. The van der Waals surface area contributed by atoms with Gasteiger partial charge in [-0.3, -0.25) is 0 Å². The van der Waals surface area contributed by atoms with Crippen molar-refractivity contribution >= 4 is 34.1 Å². The Kier molecular flexibility index (Phi) is 9.44. The van der Waals surface area contributed by atoms with E-state index in [2.05, 4.69) is 242 Å². The van der Waals surface area contributed by atoms with Crippen LogP contribution in [0.15, 0.2) is 218 Å². The van der Waals surface area contributed by atoms with E-state index in [0.29, 0.717) is 0 Å². The Morgan fingerprint density at radius 3 is 1.31 bits per heavy atom. The first-order valence-corrected chi connectivity index (χ1v) is 20.5. The maximum absolute atomic E-state index is 2.36. The quantitative estimate of drug-likeness (QED) is 0.145. The second-order valence-corrected chi connectivity index (χ2v) is 15.5. The van der Waals surface area contributed by atoms with E-state index in [1.54, 1.807) is 0 Å². The van der Waals surface area contributed by atoms with Crippen LogP contribution in [-0.4, -0.2) is 0 Å². The second-order valence-electron chi connectivity index (χ2n) is 15.5. The number of anilines is 6. The lowest BCUT2D eigenvalue weighted by Gasteiger charge is -2.27. The number of fused-ring (bicyclic) bond motifs is 3. The van der Waals surface area contributed by atoms with Crippen LogP contribution in [0.25, 0.3) is 44.5 Å². The molecule has 0 atom stereocenters. The highest BCUT2D eigenvalue weighted by molar-refractivity contribution is 5.86. The molecular formula is C57H44N2. The standard InChI is InChI=1S/C57H44N2/c1-40-14-9-11-22-54(40)56-38-52(30-24-41(56)2)58(48-18-5-3-6-19-48)50-31-25-42(26-32-50)44-16-13-17-45(36-44)43-27-33-51(34-28-43)59(49-20-7-4-8-21-49)53-35-29-47-37-46-15-10-12-23-55(46)57(47)39-53/h3-36,38-39H,37H2,1-2H3. The first kappa shape index (κ1) is 36.0. The van der Waals surface area contributed by atoms with Crippen LogP contribution in [-0.2, 0) is 6.42 Å². The van der Waals surface area contributed by atoms with Gasteiger partial charge in [-0.1, -0.05) is 140 Å². The van der Waals surface area contributed by atoms with Gasteiger partial charge in [-0.25, -0.2) is 0 Å². The molecule has 0 amide bonds. The SMILES string of the molecule is Cc1ccccc1-c1cc(N(c2ccccc2)c2ccc(-c3cccc(-c4ccc(N(c5ccccc5)c5ccc6c(c5)-c5ccccc5C6)cc4)c3)cc2)ccc1C. The molecule has 0 unspecified atom stereocenters. The van der Waals surface area contributed by atoms with Crippen LogP contribution in [0.4, 0.5) is 34.1 Å². The number of nitrogens with zero attached hydrogens (tertiary/aromatic N) is 2. The molecule has 1 aliphatic carbocycles.